The molecule has 1 aliphatic rings. The van der Waals surface area contributed by atoms with E-state index in [4.69, 9.17) is 0 Å². The van der Waals surface area contributed by atoms with Crippen LogP contribution in [0.2, 0.25) is 0 Å². The van der Waals surface area contributed by atoms with Gasteiger partial charge in [-0.25, -0.2) is 0 Å². The van der Waals surface area contributed by atoms with Gasteiger partial charge < -0.3 is 28.1 Å². The summed E-state index contributed by atoms with van der Waals surface area (Å²) in [4.78, 5) is 5.20. The summed E-state index contributed by atoms with van der Waals surface area (Å²) in [5, 5.41) is 9.99. The van der Waals surface area contributed by atoms with E-state index in [1.807, 2.05) is 0 Å². The summed E-state index contributed by atoms with van der Waals surface area (Å²) in [7, 11) is 0. The van der Waals surface area contributed by atoms with Gasteiger partial charge in [-0.05, 0) is 169 Å². The first-order chi connectivity index (χ1) is 43.6. The Labute approximate surface area is 509 Å². The minimum absolute atomic E-state index is 0.0110. The first-order valence-electron chi connectivity index (χ1n) is 30.7. The highest BCUT2D eigenvalue weighted by Crippen LogP contribution is 2.52. The van der Waals surface area contributed by atoms with Crippen LogP contribution in [0.5, 0.6) is 0 Å². The fraction of sp³-hybridized carbons (Fsp3) is 0.0488. The summed E-state index contributed by atoms with van der Waals surface area (Å²) < 4.78 is 9.68. The van der Waals surface area contributed by atoms with Crippen molar-refractivity contribution in [1.82, 2.24) is 18.3 Å². The molecule has 0 N–H and O–H groups in total. The third-order valence-electron chi connectivity index (χ3n) is 18.9. The SMILES string of the molecule is CC(c1ccc(N2c3ccc4c(c3CC2c2ccc3c(c2)c2ccccc2n3-c2ccccc2)c2ccccc2n4-c2ccccc2)cc1)N(c1ccc2c(c1)c1ccccc1n2-c1ccccc1)c1ccc2c(c1)c1ccccc1n2-c1ccccc1. The molecule has 18 rings (SSSR count). The number of anilines is 4. The standard InChI is InChI=1S/C82H58N6/c1-54(83(62-43-46-77-69(51-62)65-31-15-19-35-73(65)85(77)58-24-8-3-9-25-58)63-44-47-78-70(52-63)66-32-16-20-36-74(66)86(78)59-26-10-4-11-27-59)55-38-41-61(42-39-55)88-79-48-49-80-82(67-33-17-21-37-75(67)87(80)60-28-12-5-13-29-60)71(79)53-81(88)56-40-45-76-68(50-56)64-30-14-18-34-72(64)84(76)57-22-6-2-7-23-57/h2-52,54,81H,53H2,1H3. The number of hydrogen-bond acceptors (Lipinski definition) is 2. The molecular weight excluding hydrogens is 1070 g/mol. The molecule has 0 bridgehead atoms. The predicted molar refractivity (Wildman–Crippen MR) is 369 cm³/mol. The first-order valence-corrected chi connectivity index (χ1v) is 30.7. The molecular formula is C82H58N6. The lowest BCUT2D eigenvalue weighted by molar-refractivity contribution is 0.743. The summed E-state index contributed by atoms with van der Waals surface area (Å²) in [6.07, 6.45) is 0.844. The van der Waals surface area contributed by atoms with Crippen molar-refractivity contribution in [1.29, 1.82) is 0 Å². The van der Waals surface area contributed by atoms with E-state index < -0.39 is 0 Å². The Morgan fingerprint density at radius 3 is 1.14 bits per heavy atom. The Bertz CT molecular complexity index is 5400. The van der Waals surface area contributed by atoms with Crippen molar-refractivity contribution in [3.8, 4) is 22.7 Å². The number of fused-ring (bicyclic) bond motifs is 14. The fourth-order valence-corrected chi connectivity index (χ4v) is 15.1. The zero-order valence-electron chi connectivity index (χ0n) is 48.5. The van der Waals surface area contributed by atoms with E-state index in [1.165, 1.54) is 110 Å². The zero-order chi connectivity index (χ0) is 58.0. The fourth-order valence-electron chi connectivity index (χ4n) is 15.1. The van der Waals surface area contributed by atoms with E-state index in [-0.39, 0.29) is 12.1 Å². The summed E-state index contributed by atoms with van der Waals surface area (Å²) in [5.74, 6) is 0. The minimum atomic E-state index is -0.0800. The molecule has 0 saturated heterocycles. The largest absolute Gasteiger partial charge is 0.334 e. The van der Waals surface area contributed by atoms with Crippen LogP contribution < -0.4 is 9.80 Å². The topological polar surface area (TPSA) is 26.2 Å². The highest BCUT2D eigenvalue weighted by atomic mass is 15.2. The van der Waals surface area contributed by atoms with Gasteiger partial charge in [-0.1, -0.05) is 164 Å². The van der Waals surface area contributed by atoms with Crippen molar-refractivity contribution in [3.63, 3.8) is 0 Å². The number of rotatable bonds is 10. The van der Waals surface area contributed by atoms with Crippen LogP contribution in [-0.2, 0) is 6.42 Å². The number of benzene rings is 13. The van der Waals surface area contributed by atoms with Crippen LogP contribution in [0.15, 0.2) is 309 Å². The van der Waals surface area contributed by atoms with Gasteiger partial charge in [0.05, 0.1) is 56.2 Å². The second kappa shape index (κ2) is 19.9. The maximum Gasteiger partial charge on any atom is 0.0633 e. The molecule has 0 aliphatic carbocycles. The third-order valence-corrected chi connectivity index (χ3v) is 18.9. The molecule has 2 unspecified atom stereocenters. The van der Waals surface area contributed by atoms with E-state index in [1.54, 1.807) is 0 Å². The molecule has 4 aromatic heterocycles. The molecule has 88 heavy (non-hydrogen) atoms. The van der Waals surface area contributed by atoms with Gasteiger partial charge in [-0.15, -0.1) is 0 Å². The highest BCUT2D eigenvalue weighted by Gasteiger charge is 2.35. The van der Waals surface area contributed by atoms with Gasteiger partial charge in [0.1, 0.15) is 0 Å². The highest BCUT2D eigenvalue weighted by molar-refractivity contribution is 6.15. The molecule has 13 aromatic carbocycles. The molecule has 0 spiro atoms. The van der Waals surface area contributed by atoms with Crippen molar-refractivity contribution in [2.45, 2.75) is 25.4 Å². The molecule has 6 heteroatoms. The quantitative estimate of drug-likeness (QED) is 0.136. The lowest BCUT2D eigenvalue weighted by Crippen LogP contribution is -2.22. The van der Waals surface area contributed by atoms with Crippen molar-refractivity contribution in [2.24, 2.45) is 0 Å². The van der Waals surface area contributed by atoms with Crippen LogP contribution in [0.4, 0.5) is 22.7 Å². The van der Waals surface area contributed by atoms with Crippen LogP contribution in [0.25, 0.3) is 110 Å². The van der Waals surface area contributed by atoms with Gasteiger partial charge in [0.25, 0.3) is 0 Å². The molecule has 0 radical (unpaired) electrons. The normalized spacial score (nSPS) is 13.7. The predicted octanol–water partition coefficient (Wildman–Crippen LogP) is 21.4. The molecule has 0 amide bonds. The first kappa shape index (κ1) is 50.0. The number of hydrogen-bond donors (Lipinski definition) is 0. The number of nitrogens with zero attached hydrogens (tertiary/aromatic N) is 6. The van der Waals surface area contributed by atoms with Crippen molar-refractivity contribution >= 4 is 110 Å². The Morgan fingerprint density at radius 1 is 0.307 bits per heavy atom. The monoisotopic (exact) mass is 1130 g/mol. The molecule has 416 valence electrons. The lowest BCUT2D eigenvalue weighted by Gasteiger charge is -2.33. The summed E-state index contributed by atoms with van der Waals surface area (Å²) in [5.41, 5.74) is 22.7. The second-order valence-electron chi connectivity index (χ2n) is 23.6. The minimum Gasteiger partial charge on any atom is -0.334 e. The summed E-state index contributed by atoms with van der Waals surface area (Å²) in [6, 6.07) is 114. The van der Waals surface area contributed by atoms with Gasteiger partial charge in [0.2, 0.25) is 0 Å². The third kappa shape index (κ3) is 7.61. The Balaban J connectivity index is 0.809. The molecule has 0 fully saturated rings. The molecule has 6 nitrogen and oxygen atoms in total. The Kier molecular flexibility index (Phi) is 11.3. The zero-order valence-corrected chi connectivity index (χ0v) is 48.5. The van der Waals surface area contributed by atoms with Crippen molar-refractivity contribution in [3.05, 3.63) is 326 Å². The second-order valence-corrected chi connectivity index (χ2v) is 23.6. The average molecular weight is 1130 g/mol. The van der Waals surface area contributed by atoms with Gasteiger partial charge in [-0.2, -0.15) is 0 Å². The van der Waals surface area contributed by atoms with Gasteiger partial charge >= 0.3 is 0 Å². The van der Waals surface area contributed by atoms with Crippen LogP contribution in [-0.4, -0.2) is 18.3 Å². The maximum absolute atomic E-state index is 2.64. The van der Waals surface area contributed by atoms with E-state index in [2.05, 4.69) is 344 Å². The van der Waals surface area contributed by atoms with Crippen molar-refractivity contribution < 1.29 is 0 Å². The van der Waals surface area contributed by atoms with Gasteiger partial charge in [-0.3, -0.25) is 0 Å². The van der Waals surface area contributed by atoms with Crippen LogP contribution in [0.3, 0.4) is 0 Å². The molecule has 2 atom stereocenters. The molecule has 1 aliphatic heterocycles. The van der Waals surface area contributed by atoms with Crippen LogP contribution in [0, 0.1) is 0 Å². The molecule has 17 aromatic rings. The maximum atomic E-state index is 2.64. The van der Waals surface area contributed by atoms with Crippen LogP contribution in [0.1, 0.15) is 35.7 Å². The van der Waals surface area contributed by atoms with E-state index >= 15 is 0 Å². The molecule has 0 saturated carbocycles. The van der Waals surface area contributed by atoms with Crippen molar-refractivity contribution in [2.75, 3.05) is 9.80 Å². The Hall–Kier alpha value is -11.3. The number of para-hydroxylation sites is 8. The number of aromatic nitrogens is 4. The summed E-state index contributed by atoms with van der Waals surface area (Å²) in [6.45, 7) is 2.37. The average Bonchev–Trinajstić information content (AvgIpc) is 1.68. The summed E-state index contributed by atoms with van der Waals surface area (Å²) >= 11 is 0. The van der Waals surface area contributed by atoms with Gasteiger partial charge in [0.15, 0.2) is 0 Å². The Morgan fingerprint density at radius 2 is 0.670 bits per heavy atom. The van der Waals surface area contributed by atoms with E-state index in [9.17, 15) is 0 Å². The van der Waals surface area contributed by atoms with E-state index in [0.717, 1.165) is 46.2 Å². The van der Waals surface area contributed by atoms with Gasteiger partial charge in [0, 0.05) is 95.0 Å². The smallest absolute Gasteiger partial charge is 0.0633 e. The van der Waals surface area contributed by atoms with E-state index in [0.29, 0.717) is 0 Å². The molecule has 5 heterocycles. The van der Waals surface area contributed by atoms with Crippen LogP contribution >= 0.6 is 0 Å². The lowest BCUT2D eigenvalue weighted by atomic mass is 9.97.